The summed E-state index contributed by atoms with van der Waals surface area (Å²) in [4.78, 5) is 0. The Morgan fingerprint density at radius 1 is 1.32 bits per heavy atom. The highest BCUT2D eigenvalue weighted by molar-refractivity contribution is 6.30. The highest BCUT2D eigenvalue weighted by Gasteiger charge is 2.32. The van der Waals surface area contributed by atoms with E-state index >= 15 is 0 Å². The lowest BCUT2D eigenvalue weighted by atomic mass is 9.97. The van der Waals surface area contributed by atoms with Gasteiger partial charge in [-0.25, -0.2) is 0 Å². The van der Waals surface area contributed by atoms with E-state index < -0.39 is 23.9 Å². The Hall–Kier alpha value is -0.780. The van der Waals surface area contributed by atoms with Gasteiger partial charge in [0.2, 0.25) is 0 Å². The van der Waals surface area contributed by atoms with Crippen LogP contribution in [0.4, 0.5) is 13.2 Å². The van der Waals surface area contributed by atoms with Gasteiger partial charge < -0.3 is 10.8 Å². The molecule has 3 N–H and O–H groups in total. The van der Waals surface area contributed by atoms with Crippen molar-refractivity contribution in [2.75, 3.05) is 0 Å². The number of alkyl halides is 3. The number of hydrogen-bond acceptors (Lipinski definition) is 2. The van der Waals surface area contributed by atoms with E-state index in [2.05, 4.69) is 0 Å². The molecule has 0 saturated carbocycles. The van der Waals surface area contributed by atoms with Crippen LogP contribution in [-0.2, 0) is 6.18 Å². The first kappa shape index (κ1) is 16.3. The van der Waals surface area contributed by atoms with Crippen molar-refractivity contribution in [3.05, 3.63) is 34.3 Å². The minimum atomic E-state index is -4.48. The van der Waals surface area contributed by atoms with Crippen LogP contribution in [0.5, 0.6) is 0 Å². The molecule has 2 atom stereocenters. The fraction of sp³-hybridized carbons (Fsp3) is 0.538. The van der Waals surface area contributed by atoms with Crippen LogP contribution < -0.4 is 5.73 Å². The summed E-state index contributed by atoms with van der Waals surface area (Å²) in [6, 6.07) is 2.27. The lowest BCUT2D eigenvalue weighted by Gasteiger charge is -2.20. The van der Waals surface area contributed by atoms with Crippen molar-refractivity contribution in [3.8, 4) is 0 Å². The largest absolute Gasteiger partial charge is 0.416 e. The van der Waals surface area contributed by atoms with Crippen LogP contribution in [0.2, 0.25) is 5.02 Å². The highest BCUT2D eigenvalue weighted by atomic mass is 35.5. The Balaban J connectivity index is 2.97. The monoisotopic (exact) mass is 295 g/mol. The van der Waals surface area contributed by atoms with E-state index in [9.17, 15) is 18.3 Å². The SMILES string of the molecule is CCCC[C@@H](O)[C@@H](N)c1cc(Cl)cc(C(F)(F)F)c1. The molecular weight excluding hydrogens is 279 g/mol. The van der Waals surface area contributed by atoms with Crippen molar-refractivity contribution in [1.82, 2.24) is 0 Å². The molecule has 0 bridgehead atoms. The lowest BCUT2D eigenvalue weighted by molar-refractivity contribution is -0.137. The summed E-state index contributed by atoms with van der Waals surface area (Å²) in [5.74, 6) is 0. The summed E-state index contributed by atoms with van der Waals surface area (Å²) in [6.07, 6.45) is -3.26. The predicted octanol–water partition coefficient (Wildman–Crippen LogP) is 3.91. The molecule has 0 aliphatic heterocycles. The zero-order valence-corrected chi connectivity index (χ0v) is 11.3. The highest BCUT2D eigenvalue weighted by Crippen LogP contribution is 2.33. The molecule has 0 radical (unpaired) electrons. The second-order valence-corrected chi connectivity index (χ2v) is 4.94. The summed E-state index contributed by atoms with van der Waals surface area (Å²) in [7, 11) is 0. The van der Waals surface area contributed by atoms with Crippen LogP contribution in [0, 0.1) is 0 Å². The maximum absolute atomic E-state index is 12.7. The average molecular weight is 296 g/mol. The first-order chi connectivity index (χ1) is 8.75. The van der Waals surface area contributed by atoms with Gasteiger partial charge in [0.05, 0.1) is 17.7 Å². The van der Waals surface area contributed by atoms with E-state index in [0.717, 1.165) is 25.0 Å². The van der Waals surface area contributed by atoms with Gasteiger partial charge in [0.1, 0.15) is 0 Å². The summed E-state index contributed by atoms with van der Waals surface area (Å²) >= 11 is 5.67. The molecule has 0 aliphatic carbocycles. The number of aliphatic hydroxyl groups is 1. The number of rotatable bonds is 5. The fourth-order valence-electron chi connectivity index (χ4n) is 1.78. The maximum atomic E-state index is 12.7. The van der Waals surface area contributed by atoms with Crippen molar-refractivity contribution < 1.29 is 18.3 Å². The third-order valence-electron chi connectivity index (χ3n) is 2.90. The fourth-order valence-corrected chi connectivity index (χ4v) is 2.03. The van der Waals surface area contributed by atoms with Crippen LogP contribution in [0.25, 0.3) is 0 Å². The van der Waals surface area contributed by atoms with E-state index in [1.54, 1.807) is 0 Å². The molecule has 1 rings (SSSR count). The molecule has 0 aliphatic rings. The average Bonchev–Trinajstić information content (AvgIpc) is 2.33. The van der Waals surface area contributed by atoms with Gasteiger partial charge in [-0.2, -0.15) is 13.2 Å². The Morgan fingerprint density at radius 3 is 2.47 bits per heavy atom. The third-order valence-corrected chi connectivity index (χ3v) is 3.12. The summed E-state index contributed by atoms with van der Waals surface area (Å²) in [5.41, 5.74) is 5.13. The van der Waals surface area contributed by atoms with Crippen molar-refractivity contribution in [2.24, 2.45) is 5.73 Å². The minimum absolute atomic E-state index is 0.0389. The van der Waals surface area contributed by atoms with Crippen LogP contribution >= 0.6 is 11.6 Å². The van der Waals surface area contributed by atoms with E-state index in [1.165, 1.54) is 6.07 Å². The van der Waals surface area contributed by atoms with Crippen molar-refractivity contribution >= 4 is 11.6 Å². The molecule has 108 valence electrons. The number of benzene rings is 1. The van der Waals surface area contributed by atoms with Gasteiger partial charge in [-0.1, -0.05) is 31.4 Å². The molecular formula is C13H17ClF3NO. The van der Waals surface area contributed by atoms with E-state index in [1.807, 2.05) is 6.92 Å². The smallest absolute Gasteiger partial charge is 0.391 e. The predicted molar refractivity (Wildman–Crippen MR) is 68.9 cm³/mol. The molecule has 0 spiro atoms. The Labute approximate surface area is 115 Å². The minimum Gasteiger partial charge on any atom is -0.391 e. The van der Waals surface area contributed by atoms with Crippen LogP contribution in [0.1, 0.15) is 43.4 Å². The molecule has 0 heterocycles. The topological polar surface area (TPSA) is 46.2 Å². The van der Waals surface area contributed by atoms with Crippen LogP contribution in [0.3, 0.4) is 0 Å². The molecule has 0 amide bonds. The molecule has 19 heavy (non-hydrogen) atoms. The number of hydrogen-bond donors (Lipinski definition) is 2. The maximum Gasteiger partial charge on any atom is 0.416 e. The number of aliphatic hydroxyl groups excluding tert-OH is 1. The first-order valence-electron chi connectivity index (χ1n) is 6.07. The van der Waals surface area contributed by atoms with Crippen LogP contribution in [0.15, 0.2) is 18.2 Å². The van der Waals surface area contributed by atoms with Gasteiger partial charge >= 0.3 is 6.18 Å². The number of unbranched alkanes of at least 4 members (excludes halogenated alkanes) is 1. The quantitative estimate of drug-likeness (QED) is 0.865. The van der Waals surface area contributed by atoms with Crippen LogP contribution in [-0.4, -0.2) is 11.2 Å². The van der Waals surface area contributed by atoms with Crippen molar-refractivity contribution in [1.29, 1.82) is 0 Å². The zero-order valence-electron chi connectivity index (χ0n) is 10.5. The standard InChI is InChI=1S/C13H17ClF3NO/c1-2-3-4-11(19)12(18)8-5-9(13(15,16)17)7-10(14)6-8/h5-7,11-12,19H,2-4,18H2,1H3/t11-,12+/m1/s1. The van der Waals surface area contributed by atoms with Gasteiger partial charge in [-0.3, -0.25) is 0 Å². The zero-order chi connectivity index (χ0) is 14.6. The first-order valence-corrected chi connectivity index (χ1v) is 6.44. The van der Waals surface area contributed by atoms with Gasteiger partial charge in [0.15, 0.2) is 0 Å². The Kier molecular flexibility index (Phi) is 5.64. The molecule has 2 nitrogen and oxygen atoms in total. The van der Waals surface area contributed by atoms with Gasteiger partial charge in [0, 0.05) is 5.02 Å². The van der Waals surface area contributed by atoms with Gasteiger partial charge in [-0.15, -0.1) is 0 Å². The molecule has 0 unspecified atom stereocenters. The molecule has 0 fully saturated rings. The van der Waals surface area contributed by atoms with E-state index in [0.29, 0.717) is 6.42 Å². The summed E-state index contributed by atoms with van der Waals surface area (Å²) in [6.45, 7) is 1.96. The Morgan fingerprint density at radius 2 is 1.95 bits per heavy atom. The van der Waals surface area contributed by atoms with Crippen molar-refractivity contribution in [3.63, 3.8) is 0 Å². The van der Waals surface area contributed by atoms with E-state index in [-0.39, 0.29) is 10.6 Å². The third kappa shape index (κ3) is 4.67. The Bertz CT molecular complexity index is 423. The second kappa shape index (κ2) is 6.59. The van der Waals surface area contributed by atoms with Crippen molar-refractivity contribution in [2.45, 2.75) is 44.5 Å². The molecule has 0 saturated heterocycles. The molecule has 1 aromatic carbocycles. The normalized spacial score (nSPS) is 15.3. The second-order valence-electron chi connectivity index (χ2n) is 4.51. The number of halogens is 4. The lowest BCUT2D eigenvalue weighted by Crippen LogP contribution is -2.26. The van der Waals surface area contributed by atoms with E-state index in [4.69, 9.17) is 17.3 Å². The molecule has 0 aromatic heterocycles. The number of nitrogens with two attached hydrogens (primary N) is 1. The summed E-state index contributed by atoms with van der Waals surface area (Å²) in [5, 5.41) is 9.80. The molecule has 1 aromatic rings. The van der Waals surface area contributed by atoms with Gasteiger partial charge in [0.25, 0.3) is 0 Å². The molecule has 6 heteroatoms. The summed E-state index contributed by atoms with van der Waals surface area (Å²) < 4.78 is 38.0. The van der Waals surface area contributed by atoms with Gasteiger partial charge in [-0.05, 0) is 30.2 Å².